The number of piperidine rings is 1. The second-order valence-electron chi connectivity index (χ2n) is 7.31. The van der Waals surface area contributed by atoms with E-state index >= 15 is 0 Å². The van der Waals surface area contributed by atoms with Gasteiger partial charge in [0.05, 0.1) is 11.6 Å². The minimum absolute atomic E-state index is 0.0847. The van der Waals surface area contributed by atoms with E-state index in [4.69, 9.17) is 4.74 Å². The van der Waals surface area contributed by atoms with Gasteiger partial charge in [0.2, 0.25) is 4.96 Å². The molecule has 0 saturated carbocycles. The Hall–Kier alpha value is -3.14. The number of hydrogen-bond donors (Lipinski definition) is 0. The molecule has 1 aliphatic rings. The van der Waals surface area contributed by atoms with Crippen LogP contribution in [0.3, 0.4) is 0 Å². The van der Waals surface area contributed by atoms with E-state index in [1.165, 1.54) is 46.2 Å². The molecule has 8 nitrogen and oxygen atoms in total. The molecule has 31 heavy (non-hydrogen) atoms. The first-order chi connectivity index (χ1) is 14.9. The molecule has 4 rings (SSSR count). The largest absolute Gasteiger partial charge is 0.459 e. The number of aromatic nitrogens is 3. The van der Waals surface area contributed by atoms with Crippen LogP contribution in [0.15, 0.2) is 35.1 Å². The number of hydrogen-bond acceptors (Lipinski definition) is 7. The molecule has 0 bridgehead atoms. The Morgan fingerprint density at radius 3 is 2.61 bits per heavy atom. The van der Waals surface area contributed by atoms with Gasteiger partial charge in [-0.15, -0.1) is 0 Å². The van der Waals surface area contributed by atoms with Gasteiger partial charge in [-0.1, -0.05) is 18.3 Å². The summed E-state index contributed by atoms with van der Waals surface area (Å²) < 4.78 is 19.7. The molecular weight excluding hydrogens is 423 g/mol. The molecule has 1 aliphatic heterocycles. The highest BCUT2D eigenvalue weighted by Crippen LogP contribution is 2.21. The van der Waals surface area contributed by atoms with E-state index in [9.17, 15) is 18.8 Å². The lowest BCUT2D eigenvalue weighted by Crippen LogP contribution is -2.40. The maximum Gasteiger partial charge on any atom is 0.309 e. The van der Waals surface area contributed by atoms with Crippen molar-refractivity contribution in [3.05, 3.63) is 62.8 Å². The molecule has 2 aromatic heterocycles. The van der Waals surface area contributed by atoms with Crippen molar-refractivity contribution in [1.29, 1.82) is 0 Å². The molecule has 162 valence electrons. The summed E-state index contributed by atoms with van der Waals surface area (Å²) in [7, 11) is 0. The van der Waals surface area contributed by atoms with Crippen molar-refractivity contribution in [2.24, 2.45) is 5.92 Å². The summed E-state index contributed by atoms with van der Waals surface area (Å²) in [6.07, 6.45) is 1.67. The van der Waals surface area contributed by atoms with Gasteiger partial charge in [0, 0.05) is 24.7 Å². The van der Waals surface area contributed by atoms with Gasteiger partial charge in [0.1, 0.15) is 17.4 Å². The van der Waals surface area contributed by atoms with Gasteiger partial charge < -0.3 is 9.64 Å². The predicted molar refractivity (Wildman–Crippen MR) is 111 cm³/mol. The Labute approximate surface area is 181 Å². The Bertz CT molecular complexity index is 1170. The fourth-order valence-electron chi connectivity index (χ4n) is 3.47. The average Bonchev–Trinajstić information content (AvgIpc) is 3.21. The van der Waals surface area contributed by atoms with E-state index in [-0.39, 0.29) is 30.0 Å². The van der Waals surface area contributed by atoms with Gasteiger partial charge in [-0.25, -0.2) is 9.37 Å². The van der Waals surface area contributed by atoms with Crippen LogP contribution in [0.4, 0.5) is 4.39 Å². The summed E-state index contributed by atoms with van der Waals surface area (Å²) in [5.74, 6) is -1.26. The lowest BCUT2D eigenvalue weighted by atomic mass is 9.96. The molecule has 0 radical (unpaired) electrons. The molecule has 0 unspecified atom stereocenters. The minimum atomic E-state index is -0.393. The van der Waals surface area contributed by atoms with Crippen LogP contribution in [0.5, 0.6) is 0 Å². The molecule has 0 atom stereocenters. The second-order valence-corrected chi connectivity index (χ2v) is 8.35. The van der Waals surface area contributed by atoms with Crippen LogP contribution in [-0.4, -0.2) is 44.5 Å². The fourth-order valence-corrected chi connectivity index (χ4v) is 4.33. The zero-order valence-corrected chi connectivity index (χ0v) is 17.7. The summed E-state index contributed by atoms with van der Waals surface area (Å²) in [5, 5.41) is 5.00. The summed E-state index contributed by atoms with van der Waals surface area (Å²) in [6.45, 7) is 2.70. The van der Waals surface area contributed by atoms with E-state index in [0.717, 1.165) is 5.01 Å². The summed E-state index contributed by atoms with van der Waals surface area (Å²) in [4.78, 5) is 43.6. The maximum atomic E-state index is 13.0. The van der Waals surface area contributed by atoms with Crippen molar-refractivity contribution in [2.45, 2.75) is 32.8 Å². The molecule has 1 saturated heterocycles. The number of esters is 1. The Morgan fingerprint density at radius 1 is 1.23 bits per heavy atom. The van der Waals surface area contributed by atoms with Crippen LogP contribution >= 0.6 is 11.3 Å². The summed E-state index contributed by atoms with van der Waals surface area (Å²) >= 11 is 1.33. The van der Waals surface area contributed by atoms with E-state index in [1.54, 1.807) is 4.90 Å². The number of benzene rings is 1. The Morgan fingerprint density at radius 2 is 1.94 bits per heavy atom. The quantitative estimate of drug-likeness (QED) is 0.561. The van der Waals surface area contributed by atoms with Crippen LogP contribution in [0.1, 0.15) is 40.8 Å². The topological polar surface area (TPSA) is 93.9 Å². The lowest BCUT2D eigenvalue weighted by molar-refractivity contribution is -0.151. The molecule has 1 amide bonds. The molecule has 0 N–H and O–H groups in total. The first-order valence-corrected chi connectivity index (χ1v) is 10.9. The number of nitrogens with zero attached hydrogens (tertiary/aromatic N) is 4. The number of fused-ring (bicyclic) bond motifs is 1. The molecule has 0 aliphatic carbocycles. The molecule has 1 fully saturated rings. The number of rotatable bonds is 5. The van der Waals surface area contributed by atoms with E-state index in [1.807, 2.05) is 6.92 Å². The fraction of sp³-hybridized carbons (Fsp3) is 0.381. The molecular formula is C21H21FN4O4S. The van der Waals surface area contributed by atoms with Crippen molar-refractivity contribution in [1.82, 2.24) is 19.5 Å². The third-order valence-electron chi connectivity index (χ3n) is 5.21. The van der Waals surface area contributed by atoms with E-state index in [0.29, 0.717) is 48.6 Å². The van der Waals surface area contributed by atoms with Crippen molar-refractivity contribution in [3.63, 3.8) is 0 Å². The normalized spacial score (nSPS) is 14.7. The van der Waals surface area contributed by atoms with Crippen molar-refractivity contribution < 1.29 is 18.7 Å². The van der Waals surface area contributed by atoms with Crippen LogP contribution in [0, 0.1) is 11.7 Å². The Balaban J connectivity index is 1.32. The Kier molecular flexibility index (Phi) is 6.08. The molecule has 3 heterocycles. The number of aryl methyl sites for hydroxylation is 1. The van der Waals surface area contributed by atoms with Crippen LogP contribution in [0.25, 0.3) is 4.96 Å². The molecule has 10 heteroatoms. The number of likely N-dealkylation sites (tertiary alicyclic amines) is 1. The van der Waals surface area contributed by atoms with Crippen molar-refractivity contribution in [3.8, 4) is 0 Å². The molecule has 1 aromatic carbocycles. The van der Waals surface area contributed by atoms with Crippen molar-refractivity contribution >= 4 is 28.2 Å². The zero-order chi connectivity index (χ0) is 22.0. The van der Waals surface area contributed by atoms with Crippen molar-refractivity contribution in [2.75, 3.05) is 13.1 Å². The van der Waals surface area contributed by atoms with Crippen LogP contribution in [0.2, 0.25) is 0 Å². The average molecular weight is 444 g/mol. The third-order valence-corrected chi connectivity index (χ3v) is 6.26. The van der Waals surface area contributed by atoms with Crippen LogP contribution < -0.4 is 5.56 Å². The standard InChI is InChI=1S/C21H21FN4O4S/c1-2-17-24-26-18(27)11-16(23-21(26)31-17)12-30-20(29)14-7-9-25(10-8-14)19(28)13-3-5-15(22)6-4-13/h3-6,11,14H,2,7-10,12H2,1H3. The smallest absolute Gasteiger partial charge is 0.309 e. The highest BCUT2D eigenvalue weighted by Gasteiger charge is 2.29. The van der Waals surface area contributed by atoms with Gasteiger partial charge in [-0.05, 0) is 43.5 Å². The van der Waals surface area contributed by atoms with Gasteiger partial charge in [0.15, 0.2) is 0 Å². The highest BCUT2D eigenvalue weighted by molar-refractivity contribution is 7.16. The monoisotopic (exact) mass is 444 g/mol. The first-order valence-electron chi connectivity index (χ1n) is 10.0. The summed E-state index contributed by atoms with van der Waals surface area (Å²) in [5.41, 5.74) is 0.498. The number of carbonyl (C=O) groups excluding carboxylic acids is 2. The third kappa shape index (κ3) is 4.63. The second kappa shape index (κ2) is 8.93. The van der Waals surface area contributed by atoms with Crippen LogP contribution in [-0.2, 0) is 22.6 Å². The summed E-state index contributed by atoms with van der Waals surface area (Å²) in [6, 6.07) is 6.74. The van der Waals surface area contributed by atoms with E-state index < -0.39 is 5.82 Å². The number of carbonyl (C=O) groups is 2. The molecule has 3 aromatic rings. The highest BCUT2D eigenvalue weighted by atomic mass is 32.1. The number of amides is 1. The maximum absolute atomic E-state index is 13.0. The first kappa shape index (κ1) is 21.1. The minimum Gasteiger partial charge on any atom is -0.459 e. The van der Waals surface area contributed by atoms with Gasteiger partial charge in [-0.3, -0.25) is 14.4 Å². The lowest BCUT2D eigenvalue weighted by Gasteiger charge is -2.31. The molecule has 0 spiro atoms. The SMILES string of the molecule is CCc1nn2c(=O)cc(COC(=O)C3CCN(C(=O)c4ccc(F)cc4)CC3)nc2s1. The van der Waals surface area contributed by atoms with Gasteiger partial charge in [0.25, 0.3) is 11.5 Å². The number of ether oxygens (including phenoxy) is 1. The van der Waals surface area contributed by atoms with E-state index in [2.05, 4.69) is 10.1 Å². The van der Waals surface area contributed by atoms with Gasteiger partial charge >= 0.3 is 5.97 Å². The van der Waals surface area contributed by atoms with Gasteiger partial charge in [-0.2, -0.15) is 9.61 Å². The number of halogens is 1. The zero-order valence-electron chi connectivity index (χ0n) is 16.9. The predicted octanol–water partition coefficient (Wildman–Crippen LogP) is 2.45.